The Morgan fingerprint density at radius 2 is 1.43 bits per heavy atom. The van der Waals surface area contributed by atoms with Crippen LogP contribution in [0.4, 0.5) is 0 Å². The molecule has 120 valence electrons. The number of aliphatic hydroxyl groups excluding tert-OH is 1. The van der Waals surface area contributed by atoms with Gasteiger partial charge in [-0.1, -0.05) is 48.8 Å². The lowest BCUT2D eigenvalue weighted by Gasteiger charge is -2.25. The third-order valence-electron chi connectivity index (χ3n) is 4.69. The number of aliphatic hydroxyl groups is 1. The van der Waals surface area contributed by atoms with Crippen LogP contribution in [0.5, 0.6) is 0 Å². The Hall–Kier alpha value is -0.820. The zero-order valence-corrected chi connectivity index (χ0v) is 14.7. The van der Waals surface area contributed by atoms with Crippen molar-refractivity contribution in [3.63, 3.8) is 0 Å². The smallest absolute Gasteiger partial charge is 0.0754 e. The van der Waals surface area contributed by atoms with Gasteiger partial charge in [0.05, 0.1) is 6.10 Å². The molecule has 0 aromatic heterocycles. The van der Waals surface area contributed by atoms with E-state index in [0.29, 0.717) is 11.8 Å². The number of hydrogen-bond donors (Lipinski definition) is 1. The lowest BCUT2D eigenvalue weighted by molar-refractivity contribution is 0.115. The van der Waals surface area contributed by atoms with Gasteiger partial charge in [-0.05, 0) is 71.1 Å². The van der Waals surface area contributed by atoms with Gasteiger partial charge in [-0.3, -0.25) is 0 Å². The summed E-state index contributed by atoms with van der Waals surface area (Å²) in [7, 11) is 0. The first-order valence-corrected chi connectivity index (χ1v) is 8.56. The highest BCUT2D eigenvalue weighted by Gasteiger charge is 2.20. The summed E-state index contributed by atoms with van der Waals surface area (Å²) in [5.41, 5.74) is 4.28. The van der Waals surface area contributed by atoms with Crippen LogP contribution in [0.25, 0.3) is 0 Å². The maximum Gasteiger partial charge on any atom is 0.0754 e. The summed E-state index contributed by atoms with van der Waals surface area (Å²) in [5.74, 6) is 0.885. The second kappa shape index (κ2) is 9.25. The maximum absolute atomic E-state index is 10.5. The molecule has 2 atom stereocenters. The first-order valence-electron chi connectivity index (χ1n) is 8.56. The van der Waals surface area contributed by atoms with Gasteiger partial charge < -0.3 is 5.11 Å². The van der Waals surface area contributed by atoms with E-state index in [-0.39, 0.29) is 6.10 Å². The van der Waals surface area contributed by atoms with Gasteiger partial charge in [0.25, 0.3) is 0 Å². The average Bonchev–Trinajstić information content (AvgIpc) is 2.37. The molecule has 1 N–H and O–H groups in total. The Kier molecular flexibility index (Phi) is 8.03. The predicted molar refractivity (Wildman–Crippen MR) is 93.3 cm³/mol. The first kappa shape index (κ1) is 18.2. The van der Waals surface area contributed by atoms with Crippen molar-refractivity contribution < 1.29 is 5.11 Å². The summed E-state index contributed by atoms with van der Waals surface area (Å²) in [6.45, 7) is 11.1. The highest BCUT2D eigenvalue weighted by atomic mass is 16.3. The fourth-order valence-corrected chi connectivity index (χ4v) is 3.09. The van der Waals surface area contributed by atoms with Crippen molar-refractivity contribution in [2.24, 2.45) is 11.8 Å². The van der Waals surface area contributed by atoms with Gasteiger partial charge in [0, 0.05) is 0 Å². The monoisotopic (exact) mass is 290 g/mol. The molecule has 1 aliphatic rings. The van der Waals surface area contributed by atoms with E-state index in [1.807, 2.05) is 0 Å². The van der Waals surface area contributed by atoms with E-state index in [0.717, 1.165) is 32.1 Å². The summed E-state index contributed by atoms with van der Waals surface area (Å²) >= 11 is 0. The second-order valence-electron chi connectivity index (χ2n) is 7.13. The molecule has 1 aliphatic carbocycles. The molecule has 1 rings (SSSR count). The van der Waals surface area contributed by atoms with Crippen molar-refractivity contribution >= 4 is 0 Å². The molecule has 0 bridgehead atoms. The summed E-state index contributed by atoms with van der Waals surface area (Å²) in [6.07, 6.45) is 13.2. The number of rotatable bonds is 1. The minimum atomic E-state index is -0.300. The lowest BCUT2D eigenvalue weighted by atomic mass is 9.84. The van der Waals surface area contributed by atoms with Crippen LogP contribution in [-0.4, -0.2) is 11.2 Å². The van der Waals surface area contributed by atoms with Crippen LogP contribution >= 0.6 is 0 Å². The Labute approximate surface area is 131 Å². The summed E-state index contributed by atoms with van der Waals surface area (Å²) in [6, 6.07) is 0. The molecule has 0 aromatic carbocycles. The van der Waals surface area contributed by atoms with Crippen molar-refractivity contribution in [3.05, 3.63) is 34.9 Å². The molecule has 0 saturated heterocycles. The molecule has 1 heteroatoms. The normalized spacial score (nSPS) is 34.1. The molecule has 0 fully saturated rings. The molecule has 2 unspecified atom stereocenters. The molecule has 0 aliphatic heterocycles. The summed E-state index contributed by atoms with van der Waals surface area (Å²) < 4.78 is 0. The van der Waals surface area contributed by atoms with E-state index in [2.05, 4.69) is 52.8 Å². The fraction of sp³-hybridized carbons (Fsp3) is 0.700. The summed E-state index contributed by atoms with van der Waals surface area (Å²) in [4.78, 5) is 0. The zero-order valence-electron chi connectivity index (χ0n) is 14.7. The van der Waals surface area contributed by atoms with E-state index in [1.54, 1.807) is 0 Å². The molecule has 0 amide bonds. The Bertz CT molecular complexity index is 398. The molecular weight excluding hydrogens is 256 g/mol. The van der Waals surface area contributed by atoms with Crippen molar-refractivity contribution in [3.8, 4) is 0 Å². The van der Waals surface area contributed by atoms with E-state index < -0.39 is 0 Å². The highest BCUT2D eigenvalue weighted by molar-refractivity contribution is 5.09. The topological polar surface area (TPSA) is 20.2 Å². The molecular formula is C20H34O. The quantitative estimate of drug-likeness (QED) is 0.604. The lowest BCUT2D eigenvalue weighted by Crippen LogP contribution is -2.24. The van der Waals surface area contributed by atoms with Gasteiger partial charge in [-0.15, -0.1) is 0 Å². The first-order chi connectivity index (χ1) is 9.90. The van der Waals surface area contributed by atoms with Gasteiger partial charge in [-0.2, -0.15) is 0 Å². The molecule has 21 heavy (non-hydrogen) atoms. The van der Waals surface area contributed by atoms with Gasteiger partial charge in [0.1, 0.15) is 0 Å². The average molecular weight is 290 g/mol. The molecule has 0 aromatic rings. The molecule has 0 radical (unpaired) electrons. The molecule has 0 saturated carbocycles. The van der Waals surface area contributed by atoms with Crippen LogP contribution in [0.3, 0.4) is 0 Å². The Morgan fingerprint density at radius 1 is 0.905 bits per heavy atom. The van der Waals surface area contributed by atoms with Crippen LogP contribution in [0.15, 0.2) is 34.9 Å². The zero-order chi connectivity index (χ0) is 15.8. The maximum atomic E-state index is 10.5. The number of allylic oxidation sites excluding steroid dienone is 5. The minimum absolute atomic E-state index is 0.300. The summed E-state index contributed by atoms with van der Waals surface area (Å²) in [5, 5.41) is 10.5. The largest absolute Gasteiger partial charge is 0.389 e. The van der Waals surface area contributed by atoms with E-state index in [9.17, 15) is 5.11 Å². The van der Waals surface area contributed by atoms with Gasteiger partial charge in [-0.25, -0.2) is 0 Å². The highest BCUT2D eigenvalue weighted by Crippen LogP contribution is 2.26. The van der Waals surface area contributed by atoms with Crippen molar-refractivity contribution in [1.82, 2.24) is 0 Å². The SMILES string of the molecule is C/C1=C/CC/C(C)=C\C(O)C(C(C)C)CC/C(C)=C\CC1. The molecule has 1 nitrogen and oxygen atoms in total. The van der Waals surface area contributed by atoms with E-state index in [4.69, 9.17) is 0 Å². The third kappa shape index (κ3) is 7.13. The third-order valence-corrected chi connectivity index (χ3v) is 4.69. The molecule has 0 spiro atoms. The van der Waals surface area contributed by atoms with Crippen LogP contribution in [-0.2, 0) is 0 Å². The van der Waals surface area contributed by atoms with Gasteiger partial charge in [0.2, 0.25) is 0 Å². The predicted octanol–water partition coefficient (Wildman–Crippen LogP) is 5.81. The van der Waals surface area contributed by atoms with Gasteiger partial charge >= 0.3 is 0 Å². The fourth-order valence-electron chi connectivity index (χ4n) is 3.09. The van der Waals surface area contributed by atoms with Crippen LogP contribution < -0.4 is 0 Å². The van der Waals surface area contributed by atoms with Crippen molar-refractivity contribution in [2.75, 3.05) is 0 Å². The molecule has 0 heterocycles. The van der Waals surface area contributed by atoms with Crippen LogP contribution in [0.1, 0.15) is 73.1 Å². The van der Waals surface area contributed by atoms with Crippen LogP contribution in [0.2, 0.25) is 0 Å². The van der Waals surface area contributed by atoms with E-state index in [1.165, 1.54) is 23.1 Å². The minimum Gasteiger partial charge on any atom is -0.389 e. The van der Waals surface area contributed by atoms with E-state index >= 15 is 0 Å². The van der Waals surface area contributed by atoms with Crippen LogP contribution in [0, 0.1) is 11.8 Å². The standard InChI is InChI=1S/C20H34O/c1-15(2)19-13-12-17(4)10-6-8-16(3)9-7-11-18(5)14-20(19)21/h9-10,14-15,19-21H,6-8,11-13H2,1-5H3/b16-9-,17-10-,18-14-. The Morgan fingerprint density at radius 3 is 2.00 bits per heavy atom. The van der Waals surface area contributed by atoms with Crippen molar-refractivity contribution in [1.29, 1.82) is 0 Å². The number of hydrogen-bond acceptors (Lipinski definition) is 1. The van der Waals surface area contributed by atoms with Gasteiger partial charge in [0.15, 0.2) is 0 Å². The second-order valence-corrected chi connectivity index (χ2v) is 7.13. The van der Waals surface area contributed by atoms with Crippen molar-refractivity contribution in [2.45, 2.75) is 79.2 Å². The Balaban J connectivity index is 2.88.